The Morgan fingerprint density at radius 2 is 1.69 bits per heavy atom. The molecule has 0 atom stereocenters. The average Bonchev–Trinajstić information content (AvgIpc) is 2.02. The zero-order chi connectivity index (χ0) is 9.15. The summed E-state index contributed by atoms with van der Waals surface area (Å²) in [7, 11) is 0. The normalized spacial score (nSPS) is 28.4. The van der Waals surface area contributed by atoms with E-state index in [1.165, 1.54) is 64.5 Å². The molecule has 1 saturated heterocycles. The molecule has 0 unspecified atom stereocenters. The van der Waals surface area contributed by atoms with Crippen LogP contribution in [0, 0.1) is 0 Å². The lowest BCUT2D eigenvalue weighted by atomic mass is 9.76. The summed E-state index contributed by atoms with van der Waals surface area (Å²) >= 11 is 0. The molecule has 0 spiro atoms. The van der Waals surface area contributed by atoms with Crippen LogP contribution < -0.4 is 0 Å². The highest BCUT2D eigenvalue weighted by Crippen LogP contribution is 2.39. The molecule has 76 valence electrons. The zero-order valence-corrected chi connectivity index (χ0v) is 9.02. The van der Waals surface area contributed by atoms with E-state index >= 15 is 0 Å². The molecule has 1 heterocycles. The summed E-state index contributed by atoms with van der Waals surface area (Å²) in [4.78, 5) is 2.77. The Labute approximate surface area is 82.5 Å². The molecule has 2 aliphatic rings. The third-order valence-electron chi connectivity index (χ3n) is 4.03. The molecule has 0 N–H and O–H groups in total. The third kappa shape index (κ3) is 1.76. The molecule has 1 nitrogen and oxygen atoms in total. The van der Waals surface area contributed by atoms with E-state index in [0.717, 1.165) is 0 Å². The van der Waals surface area contributed by atoms with Crippen LogP contribution in [0.5, 0.6) is 0 Å². The van der Waals surface area contributed by atoms with Gasteiger partial charge in [-0.25, -0.2) is 0 Å². The minimum Gasteiger partial charge on any atom is -0.298 e. The molecular weight excluding hydrogens is 158 g/mol. The lowest BCUT2D eigenvalue weighted by Gasteiger charge is -2.51. The number of hydrogen-bond acceptors (Lipinski definition) is 1. The Kier molecular flexibility index (Phi) is 2.92. The largest absolute Gasteiger partial charge is 0.298 e. The van der Waals surface area contributed by atoms with E-state index in [1.54, 1.807) is 0 Å². The second-order valence-electron chi connectivity index (χ2n) is 4.88. The predicted molar refractivity (Wildman–Crippen MR) is 56.9 cm³/mol. The summed E-state index contributed by atoms with van der Waals surface area (Å²) in [6.07, 6.45) is 11.7. The van der Waals surface area contributed by atoms with Gasteiger partial charge >= 0.3 is 0 Å². The van der Waals surface area contributed by atoms with Crippen molar-refractivity contribution in [2.45, 2.75) is 63.8 Å². The van der Waals surface area contributed by atoms with Crippen LogP contribution in [0.1, 0.15) is 58.3 Å². The summed E-state index contributed by atoms with van der Waals surface area (Å²) in [5.74, 6) is 0. The van der Waals surface area contributed by atoms with E-state index in [2.05, 4.69) is 11.8 Å². The number of nitrogens with zero attached hydrogens (tertiary/aromatic N) is 1. The van der Waals surface area contributed by atoms with Crippen molar-refractivity contribution in [1.82, 2.24) is 4.90 Å². The fraction of sp³-hybridized carbons (Fsp3) is 1.00. The van der Waals surface area contributed by atoms with Crippen molar-refractivity contribution in [2.75, 3.05) is 13.1 Å². The quantitative estimate of drug-likeness (QED) is 0.646. The SMILES string of the molecule is CCCC1(N2CCC2)CCCCC1. The lowest BCUT2D eigenvalue weighted by Crippen LogP contribution is -2.56. The van der Waals surface area contributed by atoms with Gasteiger partial charge in [0.15, 0.2) is 0 Å². The molecule has 1 aliphatic carbocycles. The maximum atomic E-state index is 2.77. The second kappa shape index (κ2) is 4.00. The van der Waals surface area contributed by atoms with Crippen molar-refractivity contribution in [3.8, 4) is 0 Å². The van der Waals surface area contributed by atoms with Gasteiger partial charge in [-0.15, -0.1) is 0 Å². The van der Waals surface area contributed by atoms with Crippen molar-refractivity contribution >= 4 is 0 Å². The Hall–Kier alpha value is -0.0400. The van der Waals surface area contributed by atoms with Crippen LogP contribution in [0.15, 0.2) is 0 Å². The van der Waals surface area contributed by atoms with Crippen molar-refractivity contribution in [1.29, 1.82) is 0 Å². The minimum atomic E-state index is 0.658. The van der Waals surface area contributed by atoms with Crippen LogP contribution in [-0.4, -0.2) is 23.5 Å². The zero-order valence-electron chi connectivity index (χ0n) is 9.02. The molecule has 1 heteroatoms. The van der Waals surface area contributed by atoms with Crippen molar-refractivity contribution in [2.24, 2.45) is 0 Å². The van der Waals surface area contributed by atoms with E-state index in [0.29, 0.717) is 5.54 Å². The van der Waals surface area contributed by atoms with Crippen LogP contribution in [-0.2, 0) is 0 Å². The van der Waals surface area contributed by atoms with Gasteiger partial charge < -0.3 is 0 Å². The fourth-order valence-electron chi connectivity index (χ4n) is 3.19. The first kappa shape index (κ1) is 9.51. The number of rotatable bonds is 3. The molecule has 0 aromatic carbocycles. The molecule has 0 radical (unpaired) electrons. The molecule has 0 aromatic heterocycles. The van der Waals surface area contributed by atoms with E-state index in [4.69, 9.17) is 0 Å². The monoisotopic (exact) mass is 181 g/mol. The second-order valence-corrected chi connectivity index (χ2v) is 4.88. The summed E-state index contributed by atoms with van der Waals surface area (Å²) in [5.41, 5.74) is 0.658. The van der Waals surface area contributed by atoms with E-state index < -0.39 is 0 Å². The molecule has 0 bridgehead atoms. The van der Waals surface area contributed by atoms with Gasteiger partial charge in [-0.05, 0) is 38.8 Å². The van der Waals surface area contributed by atoms with E-state index in [9.17, 15) is 0 Å². The molecule has 0 aromatic rings. The summed E-state index contributed by atoms with van der Waals surface area (Å²) in [6.45, 7) is 5.12. The van der Waals surface area contributed by atoms with Crippen LogP contribution in [0.4, 0.5) is 0 Å². The highest BCUT2D eigenvalue weighted by atomic mass is 15.2. The van der Waals surface area contributed by atoms with Gasteiger partial charge in [0.1, 0.15) is 0 Å². The van der Waals surface area contributed by atoms with Crippen LogP contribution in [0.25, 0.3) is 0 Å². The molecule has 1 saturated carbocycles. The fourth-order valence-corrected chi connectivity index (χ4v) is 3.19. The number of likely N-dealkylation sites (tertiary alicyclic amines) is 1. The molecule has 2 fully saturated rings. The smallest absolute Gasteiger partial charge is 0.0209 e. The van der Waals surface area contributed by atoms with Gasteiger partial charge in [-0.3, -0.25) is 4.90 Å². The first-order valence-corrected chi connectivity index (χ1v) is 6.12. The van der Waals surface area contributed by atoms with Crippen LogP contribution in [0.2, 0.25) is 0 Å². The van der Waals surface area contributed by atoms with Gasteiger partial charge in [-0.2, -0.15) is 0 Å². The Morgan fingerprint density at radius 3 is 2.15 bits per heavy atom. The first-order chi connectivity index (χ1) is 6.37. The Bertz CT molecular complexity index is 149. The summed E-state index contributed by atoms with van der Waals surface area (Å²) < 4.78 is 0. The molecule has 13 heavy (non-hydrogen) atoms. The molecule has 2 rings (SSSR count). The standard InChI is InChI=1S/C12H23N/c1-2-7-12(13-10-6-11-13)8-4-3-5-9-12/h2-11H2,1H3. The summed E-state index contributed by atoms with van der Waals surface area (Å²) in [5, 5.41) is 0. The van der Waals surface area contributed by atoms with Gasteiger partial charge in [0, 0.05) is 5.54 Å². The van der Waals surface area contributed by atoms with E-state index in [1.807, 2.05) is 0 Å². The van der Waals surface area contributed by atoms with Gasteiger partial charge in [0.05, 0.1) is 0 Å². The minimum absolute atomic E-state index is 0.658. The summed E-state index contributed by atoms with van der Waals surface area (Å²) in [6, 6.07) is 0. The number of hydrogen-bond donors (Lipinski definition) is 0. The van der Waals surface area contributed by atoms with Crippen molar-refractivity contribution < 1.29 is 0 Å². The average molecular weight is 181 g/mol. The molecule has 0 amide bonds. The maximum absolute atomic E-state index is 2.77. The van der Waals surface area contributed by atoms with Crippen LogP contribution in [0.3, 0.4) is 0 Å². The first-order valence-electron chi connectivity index (χ1n) is 6.12. The molecular formula is C12H23N. The van der Waals surface area contributed by atoms with E-state index in [-0.39, 0.29) is 0 Å². The Balaban J connectivity index is 1.99. The highest BCUT2D eigenvalue weighted by molar-refractivity contribution is 4.95. The van der Waals surface area contributed by atoms with Crippen molar-refractivity contribution in [3.05, 3.63) is 0 Å². The topological polar surface area (TPSA) is 3.24 Å². The lowest BCUT2D eigenvalue weighted by molar-refractivity contribution is -0.00559. The molecule has 1 aliphatic heterocycles. The van der Waals surface area contributed by atoms with Gasteiger partial charge in [-0.1, -0.05) is 32.6 Å². The van der Waals surface area contributed by atoms with Gasteiger partial charge in [0.2, 0.25) is 0 Å². The van der Waals surface area contributed by atoms with Crippen LogP contribution >= 0.6 is 0 Å². The Morgan fingerprint density at radius 1 is 1.00 bits per heavy atom. The van der Waals surface area contributed by atoms with Gasteiger partial charge in [0.25, 0.3) is 0 Å². The highest BCUT2D eigenvalue weighted by Gasteiger charge is 2.39. The maximum Gasteiger partial charge on any atom is 0.0209 e. The predicted octanol–water partition coefficient (Wildman–Crippen LogP) is 3.20. The third-order valence-corrected chi connectivity index (χ3v) is 4.03. The van der Waals surface area contributed by atoms with Crippen molar-refractivity contribution in [3.63, 3.8) is 0 Å².